The number of anilines is 1. The first-order chi connectivity index (χ1) is 24.7. The van der Waals surface area contributed by atoms with Crippen LogP contribution in [0.15, 0.2) is 42.5 Å². The molecule has 51 heavy (non-hydrogen) atoms. The monoisotopic (exact) mass is 694 g/mol. The van der Waals surface area contributed by atoms with Crippen LogP contribution in [0.4, 0.5) is 5.95 Å². The van der Waals surface area contributed by atoms with Crippen LogP contribution in [0, 0.1) is 13.8 Å². The number of primary amides is 1. The number of nitrogens with two attached hydrogens (primary N) is 1. The molecule has 0 unspecified atom stereocenters. The van der Waals surface area contributed by atoms with Crippen molar-refractivity contribution in [2.24, 2.45) is 5.73 Å². The lowest BCUT2D eigenvalue weighted by Crippen LogP contribution is -2.43. The number of hydrogen-bond donors (Lipinski definition) is 3. The van der Waals surface area contributed by atoms with E-state index in [4.69, 9.17) is 25.2 Å². The number of nitrogens with one attached hydrogen (secondary N) is 2. The number of aryl methyl sites for hydroxylation is 3. The fourth-order valence-electron chi connectivity index (χ4n) is 6.69. The zero-order valence-electron chi connectivity index (χ0n) is 30.2. The lowest BCUT2D eigenvalue weighted by Gasteiger charge is -2.27. The standard InChI is InChI=1S/C36H47BN10O4/c1-6-47-28(20-24(3)43-47)34(49)42-36-41-26-18-23(2)19-29(50-5)31(26)46(36)14-8-7-13-45-32-27(40-35(45)37-4)21-25(33(38)48)22-30(32)51-17-9-12-44-15-10-39-11-16-44/h7-8,18-22,37,39H,6,9-17H2,1-5H3,(H2,38,48)(H,41,42,49)/b8-7+. The fourth-order valence-corrected chi connectivity index (χ4v) is 6.69. The predicted molar refractivity (Wildman–Crippen MR) is 201 cm³/mol. The normalized spacial score (nSPS) is 13.7. The van der Waals surface area contributed by atoms with Gasteiger partial charge in [0.25, 0.3) is 5.91 Å². The predicted octanol–water partition coefficient (Wildman–Crippen LogP) is 2.62. The maximum absolute atomic E-state index is 13.5. The van der Waals surface area contributed by atoms with E-state index in [2.05, 4.69) is 38.1 Å². The second-order valence-electron chi connectivity index (χ2n) is 12.8. The van der Waals surface area contributed by atoms with Gasteiger partial charge in [-0.05, 0) is 63.1 Å². The number of allylic oxidation sites excluding steroid dienone is 2. The van der Waals surface area contributed by atoms with Crippen molar-refractivity contribution in [1.82, 2.24) is 39.1 Å². The lowest BCUT2D eigenvalue weighted by atomic mass is 9.81. The van der Waals surface area contributed by atoms with E-state index in [1.165, 1.54) is 0 Å². The minimum absolute atomic E-state index is 0.290. The van der Waals surface area contributed by atoms with Crippen LogP contribution < -0.4 is 31.6 Å². The van der Waals surface area contributed by atoms with Gasteiger partial charge < -0.3 is 34.6 Å². The molecule has 0 bridgehead atoms. The number of ether oxygens (including phenoxy) is 2. The average Bonchev–Trinajstić information content (AvgIpc) is 3.80. The zero-order chi connectivity index (χ0) is 36.1. The Morgan fingerprint density at radius 1 is 1.00 bits per heavy atom. The maximum atomic E-state index is 13.5. The minimum atomic E-state index is -0.523. The third-order valence-electron chi connectivity index (χ3n) is 9.15. The Balaban J connectivity index is 1.27. The van der Waals surface area contributed by atoms with E-state index in [1.54, 1.807) is 30.0 Å². The number of benzene rings is 2. The van der Waals surface area contributed by atoms with Crippen LogP contribution in [0.2, 0.25) is 6.82 Å². The summed E-state index contributed by atoms with van der Waals surface area (Å²) < 4.78 is 17.9. The van der Waals surface area contributed by atoms with Crippen LogP contribution in [0.5, 0.6) is 11.5 Å². The summed E-state index contributed by atoms with van der Waals surface area (Å²) in [6, 6.07) is 9.17. The van der Waals surface area contributed by atoms with E-state index < -0.39 is 5.91 Å². The highest BCUT2D eigenvalue weighted by molar-refractivity contribution is 6.50. The Labute approximate surface area is 298 Å². The number of piperazine rings is 1. The third-order valence-corrected chi connectivity index (χ3v) is 9.15. The summed E-state index contributed by atoms with van der Waals surface area (Å²) in [6.45, 7) is 14.8. The quantitative estimate of drug-likeness (QED) is 0.0851. The molecular formula is C36H47BN10O4. The molecule has 268 valence electrons. The zero-order valence-corrected chi connectivity index (χ0v) is 30.2. The molecule has 3 aromatic heterocycles. The van der Waals surface area contributed by atoms with Gasteiger partial charge >= 0.3 is 0 Å². The highest BCUT2D eigenvalue weighted by Crippen LogP contribution is 2.31. The molecule has 1 aliphatic heterocycles. The van der Waals surface area contributed by atoms with E-state index in [0.717, 1.165) is 67.2 Å². The number of amides is 2. The van der Waals surface area contributed by atoms with Crippen LogP contribution in [0.1, 0.15) is 45.4 Å². The van der Waals surface area contributed by atoms with E-state index in [1.807, 2.05) is 43.5 Å². The molecule has 2 amide bonds. The molecular weight excluding hydrogens is 647 g/mol. The number of carbonyl (C=O) groups excluding carboxylic acids is 2. The van der Waals surface area contributed by atoms with Crippen molar-refractivity contribution in [3.05, 3.63) is 65.0 Å². The molecule has 6 rings (SSSR count). The number of fused-ring (bicyclic) bond motifs is 2. The molecule has 2 aromatic carbocycles. The molecule has 1 saturated heterocycles. The molecule has 0 radical (unpaired) electrons. The molecule has 5 aromatic rings. The van der Waals surface area contributed by atoms with Gasteiger partial charge in [-0.15, -0.1) is 0 Å². The molecule has 4 N–H and O–H groups in total. The van der Waals surface area contributed by atoms with Gasteiger partial charge in [-0.25, -0.2) is 9.97 Å². The number of aromatic nitrogens is 6. The summed E-state index contributed by atoms with van der Waals surface area (Å²) in [5.74, 6) is 0.850. The number of imidazole rings is 2. The minimum Gasteiger partial charge on any atom is -0.494 e. The molecule has 0 aliphatic carbocycles. The Morgan fingerprint density at radius 3 is 2.43 bits per heavy atom. The van der Waals surface area contributed by atoms with Gasteiger partial charge in [0, 0.05) is 57.9 Å². The Bertz CT molecular complexity index is 2080. The first-order valence-corrected chi connectivity index (χ1v) is 17.6. The molecule has 0 atom stereocenters. The number of methoxy groups -OCH3 is 1. The summed E-state index contributed by atoms with van der Waals surface area (Å²) >= 11 is 0. The van der Waals surface area contributed by atoms with Crippen molar-refractivity contribution in [1.29, 1.82) is 0 Å². The van der Waals surface area contributed by atoms with Crippen LogP contribution in [0.3, 0.4) is 0 Å². The maximum Gasteiger partial charge on any atom is 0.276 e. The van der Waals surface area contributed by atoms with E-state index in [9.17, 15) is 9.59 Å². The summed E-state index contributed by atoms with van der Waals surface area (Å²) in [5.41, 5.74) is 12.2. The molecule has 1 aliphatic rings. The van der Waals surface area contributed by atoms with Crippen molar-refractivity contribution in [3.8, 4) is 11.5 Å². The Kier molecular flexibility index (Phi) is 11.1. The topological polar surface area (TPSA) is 159 Å². The average molecular weight is 695 g/mol. The van der Waals surface area contributed by atoms with Crippen LogP contribution in [0.25, 0.3) is 22.1 Å². The smallest absolute Gasteiger partial charge is 0.276 e. The van der Waals surface area contributed by atoms with Gasteiger partial charge in [0.15, 0.2) is 0 Å². The molecule has 14 nitrogen and oxygen atoms in total. The van der Waals surface area contributed by atoms with E-state index in [-0.39, 0.29) is 5.91 Å². The van der Waals surface area contributed by atoms with Crippen LogP contribution in [-0.2, 0) is 19.6 Å². The largest absolute Gasteiger partial charge is 0.494 e. The van der Waals surface area contributed by atoms with Crippen LogP contribution >= 0.6 is 0 Å². The van der Waals surface area contributed by atoms with Crippen molar-refractivity contribution in [3.63, 3.8) is 0 Å². The van der Waals surface area contributed by atoms with Gasteiger partial charge in [0.2, 0.25) is 19.1 Å². The third kappa shape index (κ3) is 7.79. The first kappa shape index (κ1) is 35.7. The van der Waals surface area contributed by atoms with Crippen molar-refractivity contribution >= 4 is 52.8 Å². The van der Waals surface area contributed by atoms with Gasteiger partial charge in [-0.3, -0.25) is 19.6 Å². The Hall–Kier alpha value is -5.15. The molecule has 1 fully saturated rings. The van der Waals surface area contributed by atoms with Gasteiger partial charge in [-0.2, -0.15) is 5.10 Å². The molecule has 0 spiro atoms. The second-order valence-corrected chi connectivity index (χ2v) is 12.8. The molecule has 15 heteroatoms. The second kappa shape index (κ2) is 15.8. The number of carbonyl (C=O) groups is 2. The summed E-state index contributed by atoms with van der Waals surface area (Å²) in [5, 5.41) is 10.8. The van der Waals surface area contributed by atoms with Gasteiger partial charge in [0.05, 0.1) is 36.2 Å². The lowest BCUT2D eigenvalue weighted by molar-refractivity contribution is 0.0995. The number of rotatable bonds is 15. The highest BCUT2D eigenvalue weighted by atomic mass is 16.5. The number of hydrogen-bond acceptors (Lipinski definition) is 9. The van der Waals surface area contributed by atoms with Crippen LogP contribution in [-0.4, -0.2) is 99.3 Å². The van der Waals surface area contributed by atoms with Crippen molar-refractivity contribution < 1.29 is 19.1 Å². The van der Waals surface area contributed by atoms with Gasteiger partial charge in [-0.1, -0.05) is 19.0 Å². The summed E-state index contributed by atoms with van der Waals surface area (Å²) in [4.78, 5) is 37.8. The summed E-state index contributed by atoms with van der Waals surface area (Å²) in [7, 11) is 2.32. The Morgan fingerprint density at radius 2 is 1.73 bits per heavy atom. The first-order valence-electron chi connectivity index (χ1n) is 17.6. The molecule has 4 heterocycles. The molecule has 0 saturated carbocycles. The van der Waals surface area contributed by atoms with Crippen molar-refractivity contribution in [2.45, 2.75) is 53.6 Å². The summed E-state index contributed by atoms with van der Waals surface area (Å²) in [6.07, 6.45) is 4.95. The number of nitrogens with zero attached hydrogens (tertiary/aromatic N) is 7. The fraction of sp³-hybridized carbons (Fsp3) is 0.417. The van der Waals surface area contributed by atoms with Gasteiger partial charge in [0.1, 0.15) is 28.2 Å². The van der Waals surface area contributed by atoms with E-state index in [0.29, 0.717) is 73.3 Å². The highest BCUT2D eigenvalue weighted by Gasteiger charge is 2.21. The SMILES string of the molecule is CBc1nc2cc(C(N)=O)cc(OCCCN3CCNCC3)c2n1C/C=C/Cn1c(NC(=O)c2cc(C)nn2CC)nc2cc(C)cc(OC)c21. The van der Waals surface area contributed by atoms with Crippen molar-refractivity contribution in [2.75, 3.05) is 51.8 Å². The van der Waals surface area contributed by atoms with E-state index >= 15 is 0 Å².